The van der Waals surface area contributed by atoms with E-state index in [-0.39, 0.29) is 28.5 Å². The molecular formula is C12H15Cl2FN2O. The van der Waals surface area contributed by atoms with Crippen LogP contribution >= 0.6 is 23.2 Å². The van der Waals surface area contributed by atoms with E-state index in [1.807, 2.05) is 13.8 Å². The molecule has 0 saturated carbocycles. The third kappa shape index (κ3) is 4.44. The van der Waals surface area contributed by atoms with Crippen LogP contribution in [0.1, 0.15) is 20.3 Å². The van der Waals surface area contributed by atoms with Crippen molar-refractivity contribution >= 4 is 34.8 Å². The van der Waals surface area contributed by atoms with Gasteiger partial charge in [0.2, 0.25) is 5.91 Å². The zero-order valence-corrected chi connectivity index (χ0v) is 11.7. The minimum absolute atomic E-state index is 0.118. The highest BCUT2D eigenvalue weighted by molar-refractivity contribution is 6.35. The number of nitrogens with one attached hydrogen (secondary N) is 2. The van der Waals surface area contributed by atoms with Crippen molar-refractivity contribution in [1.29, 1.82) is 0 Å². The van der Waals surface area contributed by atoms with E-state index in [0.29, 0.717) is 5.69 Å². The number of carbonyl (C=O) groups is 1. The molecule has 1 aromatic rings. The maximum atomic E-state index is 13.2. The molecule has 0 aliphatic carbocycles. The Kier molecular flexibility index (Phi) is 5.85. The van der Waals surface area contributed by atoms with Crippen LogP contribution in [0.25, 0.3) is 0 Å². The van der Waals surface area contributed by atoms with Gasteiger partial charge in [-0.25, -0.2) is 4.39 Å². The molecule has 1 aromatic carbocycles. The predicted molar refractivity (Wildman–Crippen MR) is 72.8 cm³/mol. The molecule has 0 spiro atoms. The number of anilines is 1. The molecule has 0 radical (unpaired) electrons. The van der Waals surface area contributed by atoms with E-state index >= 15 is 0 Å². The topological polar surface area (TPSA) is 41.1 Å². The van der Waals surface area contributed by atoms with Crippen molar-refractivity contribution in [3.63, 3.8) is 0 Å². The summed E-state index contributed by atoms with van der Waals surface area (Å²) in [4.78, 5) is 11.6. The SMILES string of the molecule is CCC(C)NCC(=O)Nc1cc(Cl)c(F)c(Cl)c1. The quantitative estimate of drug-likeness (QED) is 0.816. The molecule has 0 bridgehead atoms. The second-order valence-electron chi connectivity index (χ2n) is 3.99. The Morgan fingerprint density at radius 2 is 1.94 bits per heavy atom. The lowest BCUT2D eigenvalue weighted by molar-refractivity contribution is -0.115. The van der Waals surface area contributed by atoms with E-state index in [1.165, 1.54) is 12.1 Å². The summed E-state index contributed by atoms with van der Waals surface area (Å²) in [7, 11) is 0. The molecule has 1 atom stereocenters. The van der Waals surface area contributed by atoms with Gasteiger partial charge in [-0.05, 0) is 25.5 Å². The molecule has 3 nitrogen and oxygen atoms in total. The van der Waals surface area contributed by atoms with Gasteiger partial charge < -0.3 is 10.6 Å². The van der Waals surface area contributed by atoms with Crippen LogP contribution in [0.5, 0.6) is 0 Å². The van der Waals surface area contributed by atoms with Crippen LogP contribution in [-0.2, 0) is 4.79 Å². The monoisotopic (exact) mass is 292 g/mol. The van der Waals surface area contributed by atoms with Crippen LogP contribution in [0, 0.1) is 5.82 Å². The van der Waals surface area contributed by atoms with Gasteiger partial charge in [0.15, 0.2) is 5.82 Å². The van der Waals surface area contributed by atoms with E-state index in [4.69, 9.17) is 23.2 Å². The van der Waals surface area contributed by atoms with Gasteiger partial charge in [0, 0.05) is 11.7 Å². The van der Waals surface area contributed by atoms with Crippen molar-refractivity contribution in [2.24, 2.45) is 0 Å². The lowest BCUT2D eigenvalue weighted by atomic mass is 10.2. The first-order valence-electron chi connectivity index (χ1n) is 5.61. The second-order valence-corrected chi connectivity index (χ2v) is 4.81. The molecule has 0 saturated heterocycles. The number of benzene rings is 1. The molecule has 6 heteroatoms. The van der Waals surface area contributed by atoms with Gasteiger partial charge in [-0.15, -0.1) is 0 Å². The summed E-state index contributed by atoms with van der Waals surface area (Å²) in [5.74, 6) is -0.914. The molecule has 0 aromatic heterocycles. The normalized spacial score (nSPS) is 12.3. The molecule has 100 valence electrons. The third-order valence-electron chi connectivity index (χ3n) is 2.49. The number of amides is 1. The minimum atomic E-state index is -0.686. The summed E-state index contributed by atoms with van der Waals surface area (Å²) in [6.45, 7) is 4.19. The lowest BCUT2D eigenvalue weighted by Gasteiger charge is -2.11. The second kappa shape index (κ2) is 6.92. The van der Waals surface area contributed by atoms with Gasteiger partial charge in [-0.1, -0.05) is 30.1 Å². The van der Waals surface area contributed by atoms with Crippen LogP contribution in [0.15, 0.2) is 12.1 Å². The Labute approximate surface area is 116 Å². The molecule has 2 N–H and O–H groups in total. The summed E-state index contributed by atoms with van der Waals surface area (Å²) >= 11 is 11.3. The number of hydrogen-bond acceptors (Lipinski definition) is 2. The molecular weight excluding hydrogens is 278 g/mol. The first-order chi connectivity index (χ1) is 8.43. The maximum absolute atomic E-state index is 13.2. The molecule has 18 heavy (non-hydrogen) atoms. The maximum Gasteiger partial charge on any atom is 0.238 e. The highest BCUT2D eigenvalue weighted by Gasteiger charge is 2.10. The highest BCUT2D eigenvalue weighted by Crippen LogP contribution is 2.27. The summed E-state index contributed by atoms with van der Waals surface area (Å²) in [6, 6.07) is 2.91. The molecule has 0 aliphatic heterocycles. The third-order valence-corrected chi connectivity index (χ3v) is 3.04. The van der Waals surface area contributed by atoms with Gasteiger partial charge >= 0.3 is 0 Å². The van der Waals surface area contributed by atoms with Crippen LogP contribution in [0.3, 0.4) is 0 Å². The smallest absolute Gasteiger partial charge is 0.238 e. The van der Waals surface area contributed by atoms with Gasteiger partial charge in [0.1, 0.15) is 0 Å². The summed E-state index contributed by atoms with van der Waals surface area (Å²) < 4.78 is 13.2. The summed E-state index contributed by atoms with van der Waals surface area (Å²) in [5.41, 5.74) is 0.377. The molecule has 1 rings (SSSR count). The zero-order valence-electron chi connectivity index (χ0n) is 10.2. The first kappa shape index (κ1) is 15.2. The highest BCUT2D eigenvalue weighted by atomic mass is 35.5. The number of hydrogen-bond donors (Lipinski definition) is 2. The van der Waals surface area contributed by atoms with Crippen LogP contribution in [-0.4, -0.2) is 18.5 Å². The van der Waals surface area contributed by atoms with Crippen LogP contribution in [0.2, 0.25) is 10.0 Å². The van der Waals surface area contributed by atoms with Gasteiger partial charge in [0.05, 0.1) is 16.6 Å². The Balaban J connectivity index is 2.60. The average Bonchev–Trinajstić information content (AvgIpc) is 2.32. The van der Waals surface area contributed by atoms with Crippen molar-refractivity contribution in [3.05, 3.63) is 28.0 Å². The fraction of sp³-hybridized carbons (Fsp3) is 0.417. The van der Waals surface area contributed by atoms with E-state index in [9.17, 15) is 9.18 Å². The molecule has 0 aliphatic rings. The lowest BCUT2D eigenvalue weighted by Crippen LogP contribution is -2.33. The average molecular weight is 293 g/mol. The Morgan fingerprint density at radius 3 is 2.44 bits per heavy atom. The predicted octanol–water partition coefficient (Wildman–Crippen LogP) is 3.46. The number of halogens is 3. The van der Waals surface area contributed by atoms with Crippen molar-refractivity contribution in [2.75, 3.05) is 11.9 Å². The van der Waals surface area contributed by atoms with Crippen molar-refractivity contribution in [2.45, 2.75) is 26.3 Å². The Morgan fingerprint density at radius 1 is 1.39 bits per heavy atom. The van der Waals surface area contributed by atoms with E-state index < -0.39 is 5.82 Å². The fourth-order valence-electron chi connectivity index (χ4n) is 1.24. The van der Waals surface area contributed by atoms with Gasteiger partial charge in [-0.2, -0.15) is 0 Å². The van der Waals surface area contributed by atoms with Crippen LogP contribution in [0.4, 0.5) is 10.1 Å². The van der Waals surface area contributed by atoms with Crippen molar-refractivity contribution in [1.82, 2.24) is 5.32 Å². The summed E-state index contributed by atoms with van der Waals surface area (Å²) in [5, 5.41) is 5.40. The number of rotatable bonds is 5. The largest absolute Gasteiger partial charge is 0.325 e. The van der Waals surface area contributed by atoms with Crippen LogP contribution < -0.4 is 10.6 Å². The van der Waals surface area contributed by atoms with E-state index in [2.05, 4.69) is 10.6 Å². The van der Waals surface area contributed by atoms with Crippen molar-refractivity contribution < 1.29 is 9.18 Å². The van der Waals surface area contributed by atoms with Gasteiger partial charge in [0.25, 0.3) is 0 Å². The molecule has 0 fully saturated rings. The first-order valence-corrected chi connectivity index (χ1v) is 6.37. The fourth-order valence-corrected chi connectivity index (χ4v) is 1.73. The molecule has 0 heterocycles. The van der Waals surface area contributed by atoms with Gasteiger partial charge in [-0.3, -0.25) is 4.79 Å². The molecule has 1 amide bonds. The van der Waals surface area contributed by atoms with E-state index in [0.717, 1.165) is 6.42 Å². The minimum Gasteiger partial charge on any atom is -0.325 e. The zero-order chi connectivity index (χ0) is 13.7. The standard InChI is InChI=1S/C12H15Cl2FN2O/c1-3-7(2)16-6-11(18)17-8-4-9(13)12(15)10(14)5-8/h4-5,7,16H,3,6H2,1-2H3,(H,17,18). The Bertz CT molecular complexity index is 417. The van der Waals surface area contributed by atoms with Crippen molar-refractivity contribution in [3.8, 4) is 0 Å². The Hall–Kier alpha value is -0.840. The number of carbonyl (C=O) groups excluding carboxylic acids is 1. The molecule has 1 unspecified atom stereocenters. The summed E-state index contributed by atoms with van der Waals surface area (Å²) in [6.07, 6.45) is 0.932. The van der Waals surface area contributed by atoms with E-state index in [1.54, 1.807) is 0 Å².